The number of anilines is 1. The van der Waals surface area contributed by atoms with E-state index in [4.69, 9.17) is 20.6 Å². The fourth-order valence-corrected chi connectivity index (χ4v) is 3.20. The van der Waals surface area contributed by atoms with Crippen LogP contribution in [-0.2, 0) is 5.41 Å². The van der Waals surface area contributed by atoms with Gasteiger partial charge >= 0.3 is 6.09 Å². The summed E-state index contributed by atoms with van der Waals surface area (Å²) in [5.74, 6) is 1.99. The van der Waals surface area contributed by atoms with Crippen LogP contribution in [0.2, 0.25) is 0 Å². The number of nitrogens with two attached hydrogens (primary N) is 2. The van der Waals surface area contributed by atoms with Crippen molar-refractivity contribution in [2.75, 3.05) is 5.73 Å². The van der Waals surface area contributed by atoms with Gasteiger partial charge in [0.15, 0.2) is 5.76 Å². The number of carbonyl (C=O) groups is 1. The first-order valence-corrected chi connectivity index (χ1v) is 8.13. The van der Waals surface area contributed by atoms with Crippen LogP contribution in [0.4, 0.5) is 10.5 Å². The predicted octanol–water partition coefficient (Wildman–Crippen LogP) is 3.60. The number of ether oxygens (including phenoxy) is 1. The largest absolute Gasteiger partial charge is 0.460 e. The van der Waals surface area contributed by atoms with Crippen molar-refractivity contribution in [3.63, 3.8) is 0 Å². The van der Waals surface area contributed by atoms with Crippen LogP contribution >= 0.6 is 11.3 Å². The lowest BCUT2D eigenvalue weighted by Crippen LogP contribution is -2.16. The van der Waals surface area contributed by atoms with Gasteiger partial charge in [-0.2, -0.15) is 0 Å². The molecule has 0 saturated carbocycles. The third kappa shape index (κ3) is 2.80. The van der Waals surface area contributed by atoms with Gasteiger partial charge in [0.1, 0.15) is 22.1 Å². The van der Waals surface area contributed by atoms with Crippen molar-refractivity contribution in [1.29, 1.82) is 0 Å². The Balaban J connectivity index is 2.33. The molecule has 0 aliphatic rings. The Morgan fingerprint density at radius 2 is 2.00 bits per heavy atom. The molecule has 8 heteroatoms. The van der Waals surface area contributed by atoms with Crippen LogP contribution in [0.3, 0.4) is 0 Å². The Bertz CT molecular complexity index is 937. The molecule has 0 aliphatic heterocycles. The van der Waals surface area contributed by atoms with E-state index >= 15 is 0 Å². The van der Waals surface area contributed by atoms with Crippen molar-refractivity contribution in [2.45, 2.75) is 33.1 Å². The van der Waals surface area contributed by atoms with Crippen molar-refractivity contribution in [1.82, 2.24) is 9.97 Å². The molecule has 3 aromatic rings. The van der Waals surface area contributed by atoms with Crippen LogP contribution < -0.4 is 16.2 Å². The number of nitrogens with zero attached hydrogens (tertiary/aromatic N) is 2. The maximum absolute atomic E-state index is 11.1. The van der Waals surface area contributed by atoms with Crippen LogP contribution in [0.1, 0.15) is 32.4 Å². The molecule has 1 amide bonds. The topological polar surface area (TPSA) is 117 Å². The van der Waals surface area contributed by atoms with Crippen molar-refractivity contribution in [3.05, 3.63) is 23.7 Å². The number of hydrogen-bond acceptors (Lipinski definition) is 7. The van der Waals surface area contributed by atoms with Crippen molar-refractivity contribution in [2.24, 2.45) is 5.73 Å². The van der Waals surface area contributed by atoms with E-state index in [-0.39, 0.29) is 16.2 Å². The highest BCUT2D eigenvalue weighted by atomic mass is 32.1. The van der Waals surface area contributed by atoms with Gasteiger partial charge in [-0.1, -0.05) is 32.1 Å². The molecule has 0 spiro atoms. The highest BCUT2D eigenvalue weighted by Gasteiger charge is 2.26. The lowest BCUT2D eigenvalue weighted by atomic mass is 9.95. The number of nitrogen functional groups attached to an aromatic ring is 1. The summed E-state index contributed by atoms with van der Waals surface area (Å²) in [5, 5.41) is 0.806. The zero-order valence-corrected chi connectivity index (χ0v) is 14.7. The molecule has 3 heterocycles. The monoisotopic (exact) mass is 346 g/mol. The summed E-state index contributed by atoms with van der Waals surface area (Å²) in [7, 11) is 0. The lowest BCUT2D eigenvalue weighted by molar-refractivity contribution is 0.212. The highest BCUT2D eigenvalue weighted by molar-refractivity contribution is 7.21. The smallest absolute Gasteiger partial charge is 0.410 e. The van der Waals surface area contributed by atoms with Gasteiger partial charge in [-0.25, -0.2) is 14.8 Å². The van der Waals surface area contributed by atoms with E-state index < -0.39 is 6.09 Å². The zero-order valence-electron chi connectivity index (χ0n) is 13.8. The standard InChI is InChI=1S/C16H18N4O3S/c1-7-5-6-8(22-7)11-9-10(17)13(23-15(18)21)24-12(9)20-14(19-11)16(2,3)4/h5-6H,17H2,1-4H3,(H2,18,21). The molecular formula is C16H18N4O3S. The van der Waals surface area contributed by atoms with Gasteiger partial charge in [0.2, 0.25) is 5.06 Å². The molecule has 0 atom stereocenters. The van der Waals surface area contributed by atoms with E-state index in [2.05, 4.69) is 9.97 Å². The number of fused-ring (bicyclic) bond motifs is 1. The number of hydrogen-bond donors (Lipinski definition) is 2. The van der Waals surface area contributed by atoms with Crippen LogP contribution in [0.5, 0.6) is 5.06 Å². The van der Waals surface area contributed by atoms with Crippen LogP contribution in [0.15, 0.2) is 16.5 Å². The number of aromatic nitrogens is 2. The average Bonchev–Trinajstić information content (AvgIpc) is 3.01. The summed E-state index contributed by atoms with van der Waals surface area (Å²) in [6.07, 6.45) is -0.923. The van der Waals surface area contributed by atoms with Gasteiger partial charge in [-0.05, 0) is 19.1 Å². The number of furan rings is 1. The van der Waals surface area contributed by atoms with E-state index in [0.29, 0.717) is 27.5 Å². The fourth-order valence-electron chi connectivity index (χ4n) is 2.24. The summed E-state index contributed by atoms with van der Waals surface area (Å²) in [6.45, 7) is 7.90. The predicted molar refractivity (Wildman–Crippen MR) is 93.2 cm³/mol. The highest BCUT2D eigenvalue weighted by Crippen LogP contribution is 2.44. The average molecular weight is 346 g/mol. The van der Waals surface area contributed by atoms with E-state index in [1.165, 1.54) is 0 Å². The van der Waals surface area contributed by atoms with Gasteiger partial charge < -0.3 is 20.6 Å². The first-order valence-electron chi connectivity index (χ1n) is 7.31. The molecule has 4 N–H and O–H groups in total. The van der Waals surface area contributed by atoms with E-state index in [1.54, 1.807) is 0 Å². The second-order valence-electron chi connectivity index (χ2n) is 6.46. The second kappa shape index (κ2) is 5.48. The number of primary amides is 1. The van der Waals surface area contributed by atoms with Crippen LogP contribution in [-0.4, -0.2) is 16.1 Å². The molecule has 3 rings (SSSR count). The summed E-state index contributed by atoms with van der Waals surface area (Å²) < 4.78 is 10.7. The summed E-state index contributed by atoms with van der Waals surface area (Å²) in [4.78, 5) is 20.9. The zero-order chi connectivity index (χ0) is 17.6. The third-order valence-electron chi connectivity index (χ3n) is 3.39. The Labute approximate surface area is 142 Å². The van der Waals surface area contributed by atoms with Crippen LogP contribution in [0.25, 0.3) is 21.7 Å². The van der Waals surface area contributed by atoms with Gasteiger partial charge in [0, 0.05) is 5.41 Å². The van der Waals surface area contributed by atoms with Gasteiger partial charge in [-0.3, -0.25) is 0 Å². The molecule has 0 unspecified atom stereocenters. The first kappa shape index (κ1) is 16.3. The maximum Gasteiger partial charge on any atom is 0.410 e. The normalized spacial score (nSPS) is 11.8. The number of amides is 1. The number of carbonyl (C=O) groups excluding carboxylic acids is 1. The Kier molecular flexibility index (Phi) is 3.71. The summed E-state index contributed by atoms with van der Waals surface area (Å²) >= 11 is 1.16. The molecule has 0 aromatic carbocycles. The minimum absolute atomic E-state index is 0.211. The van der Waals surface area contributed by atoms with Crippen molar-refractivity contribution >= 4 is 33.3 Å². The maximum atomic E-state index is 11.1. The third-order valence-corrected chi connectivity index (χ3v) is 4.37. The molecule has 0 saturated heterocycles. The van der Waals surface area contributed by atoms with Gasteiger partial charge in [0.25, 0.3) is 0 Å². The number of thiophene rings is 1. The van der Waals surface area contributed by atoms with Crippen molar-refractivity contribution < 1.29 is 13.9 Å². The quantitative estimate of drug-likeness (QED) is 0.732. The Morgan fingerprint density at radius 1 is 1.29 bits per heavy atom. The second-order valence-corrected chi connectivity index (χ2v) is 7.42. The fraction of sp³-hybridized carbons (Fsp3) is 0.312. The Hall–Kier alpha value is -2.61. The minimum atomic E-state index is -0.923. The van der Waals surface area contributed by atoms with E-state index in [0.717, 1.165) is 17.1 Å². The number of rotatable bonds is 2. The van der Waals surface area contributed by atoms with E-state index in [1.807, 2.05) is 39.8 Å². The molecule has 126 valence electrons. The molecule has 0 aliphatic carbocycles. The molecule has 7 nitrogen and oxygen atoms in total. The SMILES string of the molecule is Cc1ccc(-c2nc(C(C)(C)C)nc3sc(OC(N)=O)c(N)c23)o1. The summed E-state index contributed by atoms with van der Waals surface area (Å²) in [6, 6.07) is 3.68. The molecule has 24 heavy (non-hydrogen) atoms. The molecular weight excluding hydrogens is 328 g/mol. The minimum Gasteiger partial charge on any atom is -0.460 e. The van der Waals surface area contributed by atoms with Gasteiger partial charge in [0.05, 0.1) is 11.1 Å². The van der Waals surface area contributed by atoms with Crippen LogP contribution in [0, 0.1) is 6.92 Å². The lowest BCUT2D eigenvalue weighted by Gasteiger charge is -2.17. The summed E-state index contributed by atoms with van der Waals surface area (Å²) in [5.41, 5.74) is 11.8. The molecule has 0 radical (unpaired) electrons. The molecule has 3 aromatic heterocycles. The number of aryl methyl sites for hydroxylation is 1. The molecule has 0 fully saturated rings. The first-order chi connectivity index (χ1) is 11.2. The Morgan fingerprint density at radius 3 is 2.54 bits per heavy atom. The van der Waals surface area contributed by atoms with Gasteiger partial charge in [-0.15, -0.1) is 0 Å². The van der Waals surface area contributed by atoms with E-state index in [9.17, 15) is 4.79 Å². The van der Waals surface area contributed by atoms with Crippen molar-refractivity contribution in [3.8, 4) is 16.5 Å². The molecule has 0 bridgehead atoms.